The smallest absolute Gasteiger partial charge is 0.222 e. The van der Waals surface area contributed by atoms with E-state index in [1.54, 1.807) is 13.1 Å². The monoisotopic (exact) mass is 442 g/mol. The van der Waals surface area contributed by atoms with Gasteiger partial charge in [-0.3, -0.25) is 9.79 Å². The minimum absolute atomic E-state index is 0. The Morgan fingerprint density at radius 1 is 1.33 bits per heavy atom. The summed E-state index contributed by atoms with van der Waals surface area (Å²) in [6, 6.07) is 8.38. The topological polar surface area (TPSA) is 56.7 Å². The van der Waals surface area contributed by atoms with Crippen LogP contribution in [0, 0.1) is 0 Å². The molecule has 2 rings (SSSR count). The third kappa shape index (κ3) is 6.14. The zero-order valence-electron chi connectivity index (χ0n) is 14.3. The van der Waals surface area contributed by atoms with Crippen LogP contribution >= 0.6 is 24.0 Å². The van der Waals surface area contributed by atoms with Crippen LogP contribution in [-0.2, 0) is 17.8 Å². The quantitative estimate of drug-likeness (QED) is 0.234. The molecule has 0 saturated carbocycles. The number of rotatable bonds is 6. The second-order valence-electron chi connectivity index (χ2n) is 5.61. The Bertz CT molecular complexity index is 574. The first-order valence-electron chi connectivity index (χ1n) is 8.14. The van der Waals surface area contributed by atoms with Gasteiger partial charge in [0.15, 0.2) is 5.96 Å². The summed E-state index contributed by atoms with van der Waals surface area (Å²) >= 11 is 0. The first-order chi connectivity index (χ1) is 11.2. The maximum Gasteiger partial charge on any atom is 0.222 e. The van der Waals surface area contributed by atoms with E-state index in [1.165, 1.54) is 11.1 Å². The van der Waals surface area contributed by atoms with Crippen molar-refractivity contribution in [1.29, 1.82) is 0 Å². The number of hydrogen-bond acceptors (Lipinski definition) is 2. The van der Waals surface area contributed by atoms with E-state index < -0.39 is 0 Å². The number of nitrogens with zero attached hydrogens (tertiary/aromatic N) is 2. The van der Waals surface area contributed by atoms with Crippen LogP contribution in [0.3, 0.4) is 0 Å². The number of aliphatic imine (C=N–C) groups is 1. The molecular weight excluding hydrogens is 415 g/mol. The molecule has 1 heterocycles. The van der Waals surface area contributed by atoms with Crippen molar-refractivity contribution >= 4 is 35.8 Å². The molecule has 0 aromatic heterocycles. The van der Waals surface area contributed by atoms with E-state index in [-0.39, 0.29) is 29.9 Å². The molecule has 1 amide bonds. The van der Waals surface area contributed by atoms with E-state index in [1.807, 2.05) is 11.0 Å². The van der Waals surface area contributed by atoms with Crippen molar-refractivity contribution in [3.8, 4) is 0 Å². The second-order valence-corrected chi connectivity index (χ2v) is 5.61. The van der Waals surface area contributed by atoms with Gasteiger partial charge in [0.1, 0.15) is 0 Å². The molecule has 0 unspecified atom stereocenters. The summed E-state index contributed by atoms with van der Waals surface area (Å²) in [5.74, 6) is 0.972. The zero-order valence-corrected chi connectivity index (χ0v) is 16.6. The molecule has 1 aromatic carbocycles. The Hall–Kier alpha value is -1.57. The first kappa shape index (κ1) is 20.5. The SMILES string of the molecule is C=CCNC(=NC)NCCCC(=O)N1CCc2ccccc2C1.I. The molecule has 24 heavy (non-hydrogen) atoms. The lowest BCUT2D eigenvalue weighted by atomic mass is 9.99. The van der Waals surface area contributed by atoms with Gasteiger partial charge < -0.3 is 15.5 Å². The summed E-state index contributed by atoms with van der Waals surface area (Å²) in [6.45, 7) is 6.63. The standard InChI is InChI=1S/C18H26N4O.HI/c1-3-11-20-18(19-2)21-12-6-9-17(23)22-13-10-15-7-4-5-8-16(15)14-22;/h3-5,7-8H,1,6,9-14H2,2H3,(H2,19,20,21);1H. The fourth-order valence-corrected chi connectivity index (χ4v) is 2.70. The van der Waals surface area contributed by atoms with Gasteiger partial charge in [-0.15, -0.1) is 30.6 Å². The van der Waals surface area contributed by atoms with Crippen molar-refractivity contribution in [2.24, 2.45) is 4.99 Å². The van der Waals surface area contributed by atoms with Gasteiger partial charge in [0.25, 0.3) is 0 Å². The Balaban J connectivity index is 0.00000288. The number of benzene rings is 1. The van der Waals surface area contributed by atoms with E-state index >= 15 is 0 Å². The van der Waals surface area contributed by atoms with Crippen LogP contribution in [0.5, 0.6) is 0 Å². The van der Waals surface area contributed by atoms with E-state index in [9.17, 15) is 4.79 Å². The molecule has 1 aliphatic rings. The highest BCUT2D eigenvalue weighted by atomic mass is 127. The van der Waals surface area contributed by atoms with Crippen LogP contribution in [0.4, 0.5) is 0 Å². The average molecular weight is 442 g/mol. The molecule has 0 aliphatic carbocycles. The molecule has 1 aliphatic heterocycles. The molecule has 1 aromatic rings. The van der Waals surface area contributed by atoms with Gasteiger partial charge in [0.2, 0.25) is 5.91 Å². The molecule has 0 saturated heterocycles. The second kappa shape index (κ2) is 11.1. The highest BCUT2D eigenvalue weighted by Crippen LogP contribution is 2.19. The Kier molecular flexibility index (Phi) is 9.44. The number of amides is 1. The minimum Gasteiger partial charge on any atom is -0.356 e. The Morgan fingerprint density at radius 2 is 2.08 bits per heavy atom. The molecule has 5 nitrogen and oxygen atoms in total. The highest BCUT2D eigenvalue weighted by Gasteiger charge is 2.19. The lowest BCUT2D eigenvalue weighted by Crippen LogP contribution is -2.39. The normalized spacial score (nSPS) is 13.5. The molecule has 0 atom stereocenters. The lowest BCUT2D eigenvalue weighted by Gasteiger charge is -2.29. The molecular formula is C18H27IN4O. The van der Waals surface area contributed by atoms with Crippen molar-refractivity contribution in [2.75, 3.05) is 26.7 Å². The van der Waals surface area contributed by atoms with E-state index in [2.05, 4.69) is 40.4 Å². The van der Waals surface area contributed by atoms with Crippen molar-refractivity contribution in [3.63, 3.8) is 0 Å². The highest BCUT2D eigenvalue weighted by molar-refractivity contribution is 14.0. The summed E-state index contributed by atoms with van der Waals surface area (Å²) in [5.41, 5.74) is 2.65. The maximum atomic E-state index is 12.3. The molecule has 2 N–H and O–H groups in total. The largest absolute Gasteiger partial charge is 0.356 e. The number of carbonyl (C=O) groups is 1. The van der Waals surface area contributed by atoms with E-state index in [0.717, 1.165) is 38.4 Å². The Morgan fingerprint density at radius 3 is 2.79 bits per heavy atom. The summed E-state index contributed by atoms with van der Waals surface area (Å²) in [4.78, 5) is 18.4. The fourth-order valence-electron chi connectivity index (χ4n) is 2.70. The van der Waals surface area contributed by atoms with Crippen LogP contribution in [0.2, 0.25) is 0 Å². The third-order valence-electron chi connectivity index (χ3n) is 3.98. The van der Waals surface area contributed by atoms with Crippen molar-refractivity contribution < 1.29 is 4.79 Å². The summed E-state index contributed by atoms with van der Waals surface area (Å²) in [7, 11) is 1.73. The van der Waals surface area contributed by atoms with Crippen LogP contribution in [0.25, 0.3) is 0 Å². The number of hydrogen-bond donors (Lipinski definition) is 2. The minimum atomic E-state index is 0. The fraction of sp³-hybridized carbons (Fsp3) is 0.444. The number of carbonyl (C=O) groups excluding carboxylic acids is 1. The van der Waals surface area contributed by atoms with E-state index in [0.29, 0.717) is 13.0 Å². The summed E-state index contributed by atoms with van der Waals surface area (Å²) < 4.78 is 0. The van der Waals surface area contributed by atoms with Gasteiger partial charge in [0, 0.05) is 39.6 Å². The zero-order chi connectivity index (χ0) is 16.5. The van der Waals surface area contributed by atoms with Crippen LogP contribution < -0.4 is 10.6 Å². The van der Waals surface area contributed by atoms with Gasteiger partial charge in [-0.25, -0.2) is 0 Å². The van der Waals surface area contributed by atoms with Crippen molar-refractivity contribution in [1.82, 2.24) is 15.5 Å². The van der Waals surface area contributed by atoms with Crippen LogP contribution in [-0.4, -0.2) is 43.4 Å². The van der Waals surface area contributed by atoms with Gasteiger partial charge in [-0.05, 0) is 24.0 Å². The van der Waals surface area contributed by atoms with Gasteiger partial charge in [0.05, 0.1) is 0 Å². The third-order valence-corrected chi connectivity index (χ3v) is 3.98. The lowest BCUT2D eigenvalue weighted by molar-refractivity contribution is -0.132. The van der Waals surface area contributed by atoms with Gasteiger partial charge in [-0.1, -0.05) is 30.3 Å². The number of halogens is 1. The summed E-state index contributed by atoms with van der Waals surface area (Å²) in [6.07, 6.45) is 4.10. The summed E-state index contributed by atoms with van der Waals surface area (Å²) in [5, 5.41) is 6.31. The molecule has 0 spiro atoms. The Labute approximate surface area is 161 Å². The van der Waals surface area contributed by atoms with Crippen LogP contribution in [0.15, 0.2) is 41.9 Å². The van der Waals surface area contributed by atoms with Crippen LogP contribution in [0.1, 0.15) is 24.0 Å². The molecule has 0 radical (unpaired) electrons. The number of nitrogens with one attached hydrogen (secondary N) is 2. The van der Waals surface area contributed by atoms with Crippen molar-refractivity contribution in [3.05, 3.63) is 48.0 Å². The van der Waals surface area contributed by atoms with Gasteiger partial charge >= 0.3 is 0 Å². The van der Waals surface area contributed by atoms with Crippen molar-refractivity contribution in [2.45, 2.75) is 25.8 Å². The van der Waals surface area contributed by atoms with E-state index in [4.69, 9.17) is 0 Å². The number of fused-ring (bicyclic) bond motifs is 1. The van der Waals surface area contributed by atoms with Gasteiger partial charge in [-0.2, -0.15) is 0 Å². The molecule has 0 fully saturated rings. The maximum absolute atomic E-state index is 12.3. The molecule has 132 valence electrons. The average Bonchev–Trinajstić information content (AvgIpc) is 2.60. The first-order valence-corrected chi connectivity index (χ1v) is 8.14. The molecule has 6 heteroatoms. The predicted molar refractivity (Wildman–Crippen MR) is 110 cm³/mol. The predicted octanol–water partition coefficient (Wildman–Crippen LogP) is 2.32. The molecule has 0 bridgehead atoms. The number of guanidine groups is 1.